The minimum absolute atomic E-state index is 0.0458. The number of fused-ring (bicyclic) bond motifs is 5. The SMILES string of the molecule is [2H]C([2H])([2H])N(c1ccc([C@H]2C[C@@]3(C)[C@@H](CC[C@@]3(O)C#CC)[C@@H]3CCC4=CC(=O)CC[C@]4(C)[C@H]32)cc1)C([2H])([2H])[2H]. The van der Waals surface area contributed by atoms with E-state index in [2.05, 4.69) is 25.7 Å². The summed E-state index contributed by atoms with van der Waals surface area (Å²) in [5.41, 5.74) is 0.760. The van der Waals surface area contributed by atoms with E-state index in [1.54, 1.807) is 19.1 Å². The fourth-order valence-electron chi connectivity index (χ4n) is 8.36. The van der Waals surface area contributed by atoms with E-state index in [0.717, 1.165) is 37.7 Å². The van der Waals surface area contributed by atoms with Crippen LogP contribution in [0.2, 0.25) is 0 Å². The Hall–Kier alpha value is -2.05. The van der Waals surface area contributed by atoms with E-state index >= 15 is 0 Å². The lowest BCUT2D eigenvalue weighted by atomic mass is 9.43. The Labute approximate surface area is 208 Å². The molecule has 5 rings (SSSR count). The van der Waals surface area contributed by atoms with Crippen molar-refractivity contribution in [2.45, 2.75) is 77.2 Å². The molecule has 0 aliphatic heterocycles. The number of aliphatic hydroxyl groups is 1. The van der Waals surface area contributed by atoms with Gasteiger partial charge in [0.2, 0.25) is 0 Å². The predicted molar refractivity (Wildman–Crippen MR) is 134 cm³/mol. The Balaban J connectivity index is 1.62. The number of hydrogen-bond donors (Lipinski definition) is 1. The lowest BCUT2D eigenvalue weighted by Crippen LogP contribution is -2.57. The van der Waals surface area contributed by atoms with Crippen molar-refractivity contribution >= 4 is 11.5 Å². The number of hydrogen-bond acceptors (Lipinski definition) is 3. The molecule has 1 aromatic rings. The molecule has 1 N–H and O–H groups in total. The largest absolute Gasteiger partial charge is 0.378 e. The van der Waals surface area contributed by atoms with E-state index in [1.807, 2.05) is 18.2 Å². The van der Waals surface area contributed by atoms with Gasteiger partial charge in [0.1, 0.15) is 5.60 Å². The van der Waals surface area contributed by atoms with Crippen molar-refractivity contribution in [1.82, 2.24) is 0 Å². The molecule has 0 amide bonds. The van der Waals surface area contributed by atoms with Crippen LogP contribution in [-0.4, -0.2) is 30.4 Å². The molecule has 4 aliphatic rings. The summed E-state index contributed by atoms with van der Waals surface area (Å²) >= 11 is 0. The Morgan fingerprint density at radius 3 is 2.58 bits per heavy atom. The fraction of sp³-hybridized carbons (Fsp3) is 0.633. The number of allylic oxidation sites excluding steroid dienone is 1. The maximum Gasteiger partial charge on any atom is 0.155 e. The van der Waals surface area contributed by atoms with Gasteiger partial charge in [0, 0.05) is 39.7 Å². The van der Waals surface area contributed by atoms with Crippen LogP contribution >= 0.6 is 0 Å². The zero-order valence-electron chi connectivity index (χ0n) is 25.9. The van der Waals surface area contributed by atoms with Crippen LogP contribution in [0.4, 0.5) is 5.69 Å². The van der Waals surface area contributed by atoms with Gasteiger partial charge in [0.25, 0.3) is 0 Å². The molecular formula is C30H39NO2. The topological polar surface area (TPSA) is 40.5 Å². The van der Waals surface area contributed by atoms with E-state index in [9.17, 15) is 9.90 Å². The molecule has 7 atom stereocenters. The van der Waals surface area contributed by atoms with Gasteiger partial charge in [0.05, 0.1) is 0 Å². The zero-order valence-corrected chi connectivity index (χ0v) is 19.9. The molecule has 0 spiro atoms. The number of anilines is 1. The van der Waals surface area contributed by atoms with E-state index < -0.39 is 25.0 Å². The highest BCUT2D eigenvalue weighted by molar-refractivity contribution is 5.91. The van der Waals surface area contributed by atoms with Crippen LogP contribution in [0.25, 0.3) is 0 Å². The molecule has 4 aliphatic carbocycles. The lowest BCUT2D eigenvalue weighted by molar-refractivity contribution is -0.122. The highest BCUT2D eigenvalue weighted by Gasteiger charge is 2.66. The van der Waals surface area contributed by atoms with Gasteiger partial charge in [-0.1, -0.05) is 37.5 Å². The van der Waals surface area contributed by atoms with Gasteiger partial charge >= 0.3 is 0 Å². The summed E-state index contributed by atoms with van der Waals surface area (Å²) in [5.74, 6) is 7.34. The smallest absolute Gasteiger partial charge is 0.155 e. The lowest BCUT2D eigenvalue weighted by Gasteiger charge is -2.61. The number of rotatable bonds is 2. The van der Waals surface area contributed by atoms with Crippen molar-refractivity contribution in [3.63, 3.8) is 0 Å². The Morgan fingerprint density at radius 2 is 1.88 bits per heavy atom. The summed E-state index contributed by atoms with van der Waals surface area (Å²) in [7, 11) is 0. The van der Waals surface area contributed by atoms with Crippen LogP contribution in [0.3, 0.4) is 0 Å². The zero-order chi connectivity index (χ0) is 28.6. The minimum atomic E-state index is -2.81. The molecule has 176 valence electrons. The first-order valence-corrected chi connectivity index (χ1v) is 12.4. The molecule has 0 bridgehead atoms. The van der Waals surface area contributed by atoms with Crippen LogP contribution < -0.4 is 4.90 Å². The van der Waals surface area contributed by atoms with Crippen LogP contribution in [0.5, 0.6) is 0 Å². The van der Waals surface area contributed by atoms with Crippen molar-refractivity contribution in [2.24, 2.45) is 28.6 Å². The van der Waals surface area contributed by atoms with Gasteiger partial charge in [-0.3, -0.25) is 4.79 Å². The molecule has 3 saturated carbocycles. The number of ketones is 1. The molecular weight excluding hydrogens is 406 g/mol. The predicted octanol–water partition coefficient (Wildman–Crippen LogP) is 5.73. The molecule has 0 radical (unpaired) electrons. The maximum atomic E-state index is 12.4. The number of carbonyl (C=O) groups is 1. The highest BCUT2D eigenvalue weighted by atomic mass is 16.3. The van der Waals surface area contributed by atoms with E-state index in [1.165, 1.54) is 5.57 Å². The van der Waals surface area contributed by atoms with Gasteiger partial charge in [-0.15, -0.1) is 5.92 Å². The Morgan fingerprint density at radius 1 is 1.12 bits per heavy atom. The first kappa shape index (κ1) is 16.6. The van der Waals surface area contributed by atoms with E-state index in [-0.39, 0.29) is 28.7 Å². The van der Waals surface area contributed by atoms with Gasteiger partial charge in [-0.05, 0) is 98.3 Å². The third kappa shape index (κ3) is 3.24. The molecule has 0 saturated heterocycles. The summed E-state index contributed by atoms with van der Waals surface area (Å²) in [6.07, 6.45) is 7.38. The summed E-state index contributed by atoms with van der Waals surface area (Å²) in [4.78, 5) is 12.9. The molecule has 0 aromatic heterocycles. The molecule has 3 fully saturated rings. The Bertz CT molecular complexity index is 1230. The molecule has 33 heavy (non-hydrogen) atoms. The second kappa shape index (κ2) is 7.74. The van der Waals surface area contributed by atoms with Crippen LogP contribution in [0, 0.1) is 40.4 Å². The summed E-state index contributed by atoms with van der Waals surface area (Å²) in [6.45, 7) is 0.650. The molecule has 1 aromatic carbocycles. The maximum absolute atomic E-state index is 12.4. The van der Waals surface area contributed by atoms with E-state index in [0.29, 0.717) is 29.6 Å². The average Bonchev–Trinajstić information content (AvgIpc) is 3.08. The van der Waals surface area contributed by atoms with Gasteiger partial charge < -0.3 is 10.0 Å². The second-order valence-electron chi connectivity index (χ2n) is 11.3. The molecule has 3 heteroatoms. The van der Waals surface area contributed by atoms with Crippen molar-refractivity contribution in [1.29, 1.82) is 0 Å². The summed E-state index contributed by atoms with van der Waals surface area (Å²) in [5, 5.41) is 11.9. The van der Waals surface area contributed by atoms with Crippen molar-refractivity contribution in [3.05, 3.63) is 41.5 Å². The van der Waals surface area contributed by atoms with Crippen LogP contribution in [0.1, 0.15) is 85.4 Å². The monoisotopic (exact) mass is 451 g/mol. The van der Waals surface area contributed by atoms with Crippen molar-refractivity contribution in [2.75, 3.05) is 18.9 Å². The number of benzene rings is 1. The van der Waals surface area contributed by atoms with Gasteiger partial charge in [-0.2, -0.15) is 0 Å². The quantitative estimate of drug-likeness (QED) is 0.584. The fourth-order valence-corrected chi connectivity index (χ4v) is 8.36. The number of carbonyl (C=O) groups excluding carboxylic acids is 1. The van der Waals surface area contributed by atoms with Crippen LogP contribution in [-0.2, 0) is 4.79 Å². The van der Waals surface area contributed by atoms with Gasteiger partial charge in [0.15, 0.2) is 5.78 Å². The molecule has 0 unspecified atom stereocenters. The third-order valence-corrected chi connectivity index (χ3v) is 9.99. The van der Waals surface area contributed by atoms with Crippen molar-refractivity contribution < 1.29 is 18.1 Å². The first-order chi connectivity index (χ1) is 18.0. The summed E-state index contributed by atoms with van der Waals surface area (Å²) in [6, 6.07) is 6.97. The normalized spacial score (nSPS) is 45.2. The highest BCUT2D eigenvalue weighted by Crippen LogP contribution is 2.70. The Kier molecular flexibility index (Phi) is 3.88. The first-order valence-electron chi connectivity index (χ1n) is 15.4. The minimum Gasteiger partial charge on any atom is -0.378 e. The van der Waals surface area contributed by atoms with Crippen molar-refractivity contribution in [3.8, 4) is 11.8 Å². The van der Waals surface area contributed by atoms with E-state index in [4.69, 9.17) is 8.22 Å². The average molecular weight is 452 g/mol. The summed E-state index contributed by atoms with van der Waals surface area (Å²) < 4.78 is 46.9. The third-order valence-electron chi connectivity index (χ3n) is 9.99. The second-order valence-corrected chi connectivity index (χ2v) is 11.3. The molecule has 3 nitrogen and oxygen atoms in total. The standard InChI is InChI=1S/C30H39NO2/c1-6-15-30(33)17-14-26-24-12-9-21-18-23(32)13-16-28(21,2)27(24)25(19-29(26,30)3)20-7-10-22(11-8-20)31(4)5/h7-8,10-11,18,24-27,33H,9,12-14,16-17,19H2,1-5H3/t24-,25+,26-,27+,28-,29-,30-/m0/s1/i4D3,5D3. The number of nitrogens with zero attached hydrogens (tertiary/aromatic N) is 1. The van der Waals surface area contributed by atoms with Gasteiger partial charge in [-0.25, -0.2) is 0 Å². The molecule has 0 heterocycles. The van der Waals surface area contributed by atoms with Crippen LogP contribution in [0.15, 0.2) is 35.9 Å².